The van der Waals surface area contributed by atoms with Crippen molar-refractivity contribution in [2.24, 2.45) is 0 Å². The van der Waals surface area contributed by atoms with Crippen LogP contribution in [-0.2, 0) is 19.1 Å². The Kier molecular flexibility index (Phi) is 9.70. The van der Waals surface area contributed by atoms with E-state index in [1.165, 1.54) is 0 Å². The lowest BCUT2D eigenvalue weighted by molar-refractivity contribution is -0.143. The van der Waals surface area contributed by atoms with Gasteiger partial charge in [-0.05, 0) is 20.3 Å². The van der Waals surface area contributed by atoms with Gasteiger partial charge in [0.1, 0.15) is 0 Å². The van der Waals surface area contributed by atoms with E-state index in [2.05, 4.69) is 5.32 Å². The summed E-state index contributed by atoms with van der Waals surface area (Å²) in [6.45, 7) is 5.66. The SMILES string of the molecule is CCOCCCC(=O)NCCC(=O)OCC. The van der Waals surface area contributed by atoms with Crippen LogP contribution in [0.5, 0.6) is 0 Å². The molecule has 0 saturated carbocycles. The number of hydrogen-bond acceptors (Lipinski definition) is 4. The number of carbonyl (C=O) groups excluding carboxylic acids is 2. The molecule has 0 aliphatic carbocycles. The van der Waals surface area contributed by atoms with E-state index in [4.69, 9.17) is 9.47 Å². The summed E-state index contributed by atoms with van der Waals surface area (Å²) in [5, 5.41) is 2.65. The fourth-order valence-corrected chi connectivity index (χ4v) is 1.10. The molecule has 0 aromatic heterocycles. The van der Waals surface area contributed by atoms with Crippen molar-refractivity contribution >= 4 is 11.9 Å². The van der Waals surface area contributed by atoms with Crippen LogP contribution in [0.2, 0.25) is 0 Å². The number of rotatable bonds is 9. The molecule has 0 fully saturated rings. The molecule has 0 aromatic carbocycles. The van der Waals surface area contributed by atoms with Gasteiger partial charge in [-0.15, -0.1) is 0 Å². The Hall–Kier alpha value is -1.10. The van der Waals surface area contributed by atoms with Gasteiger partial charge in [-0.2, -0.15) is 0 Å². The summed E-state index contributed by atoms with van der Waals surface area (Å²) < 4.78 is 9.83. The quantitative estimate of drug-likeness (QED) is 0.472. The summed E-state index contributed by atoms with van der Waals surface area (Å²) >= 11 is 0. The molecular formula is C11H21NO4. The van der Waals surface area contributed by atoms with E-state index in [1.54, 1.807) is 6.92 Å². The highest BCUT2D eigenvalue weighted by atomic mass is 16.5. The summed E-state index contributed by atoms with van der Waals surface area (Å²) in [5.41, 5.74) is 0. The highest BCUT2D eigenvalue weighted by Gasteiger charge is 2.04. The minimum absolute atomic E-state index is 0.0519. The molecule has 0 atom stereocenters. The maximum Gasteiger partial charge on any atom is 0.307 e. The average molecular weight is 231 g/mol. The summed E-state index contributed by atoms with van der Waals surface area (Å²) in [7, 11) is 0. The van der Waals surface area contributed by atoms with E-state index in [-0.39, 0.29) is 18.3 Å². The van der Waals surface area contributed by atoms with Gasteiger partial charge in [0.25, 0.3) is 0 Å². The Bertz CT molecular complexity index is 206. The van der Waals surface area contributed by atoms with E-state index in [9.17, 15) is 9.59 Å². The molecule has 1 N–H and O–H groups in total. The summed E-state index contributed by atoms with van der Waals surface area (Å²) in [5.74, 6) is -0.332. The third-order valence-electron chi connectivity index (χ3n) is 1.85. The third kappa shape index (κ3) is 9.45. The number of carbonyl (C=O) groups is 2. The molecule has 0 aromatic rings. The fourth-order valence-electron chi connectivity index (χ4n) is 1.10. The van der Waals surface area contributed by atoms with Crippen LogP contribution < -0.4 is 5.32 Å². The molecule has 0 radical (unpaired) electrons. The number of nitrogens with one attached hydrogen (secondary N) is 1. The highest BCUT2D eigenvalue weighted by molar-refractivity contribution is 5.76. The minimum atomic E-state index is -0.280. The topological polar surface area (TPSA) is 64.6 Å². The number of esters is 1. The third-order valence-corrected chi connectivity index (χ3v) is 1.85. The minimum Gasteiger partial charge on any atom is -0.466 e. The molecule has 0 aliphatic heterocycles. The van der Waals surface area contributed by atoms with E-state index >= 15 is 0 Å². The molecule has 0 rings (SSSR count). The molecule has 1 amide bonds. The van der Waals surface area contributed by atoms with Crippen molar-refractivity contribution < 1.29 is 19.1 Å². The van der Waals surface area contributed by atoms with Gasteiger partial charge in [0.2, 0.25) is 5.91 Å². The van der Waals surface area contributed by atoms with Gasteiger partial charge in [-0.1, -0.05) is 0 Å². The first-order valence-corrected chi connectivity index (χ1v) is 5.70. The molecule has 94 valence electrons. The zero-order valence-corrected chi connectivity index (χ0v) is 10.1. The second kappa shape index (κ2) is 10.4. The van der Waals surface area contributed by atoms with Gasteiger partial charge in [0.05, 0.1) is 13.0 Å². The zero-order chi connectivity index (χ0) is 12.2. The molecule has 0 saturated heterocycles. The molecule has 0 heterocycles. The van der Waals surface area contributed by atoms with E-state index in [1.807, 2.05) is 6.92 Å². The van der Waals surface area contributed by atoms with Crippen molar-refractivity contribution in [1.29, 1.82) is 0 Å². The summed E-state index contributed by atoms with van der Waals surface area (Å²) in [6, 6.07) is 0. The van der Waals surface area contributed by atoms with Crippen molar-refractivity contribution in [2.75, 3.05) is 26.4 Å². The number of hydrogen-bond donors (Lipinski definition) is 1. The first-order chi connectivity index (χ1) is 7.70. The van der Waals surface area contributed by atoms with Crippen LogP contribution in [0.1, 0.15) is 33.1 Å². The molecule has 0 aliphatic rings. The van der Waals surface area contributed by atoms with Crippen molar-refractivity contribution in [3.05, 3.63) is 0 Å². The number of amides is 1. The van der Waals surface area contributed by atoms with Gasteiger partial charge in [-0.3, -0.25) is 9.59 Å². The Labute approximate surface area is 96.5 Å². The first-order valence-electron chi connectivity index (χ1n) is 5.70. The van der Waals surface area contributed by atoms with Crippen LogP contribution in [0.4, 0.5) is 0 Å². The molecule has 5 heteroatoms. The van der Waals surface area contributed by atoms with Crippen molar-refractivity contribution in [3.63, 3.8) is 0 Å². The maximum absolute atomic E-state index is 11.2. The van der Waals surface area contributed by atoms with Gasteiger partial charge in [-0.25, -0.2) is 0 Å². The molecule has 0 spiro atoms. The first kappa shape index (κ1) is 14.9. The number of ether oxygens (including phenoxy) is 2. The monoisotopic (exact) mass is 231 g/mol. The summed E-state index contributed by atoms with van der Waals surface area (Å²) in [6.07, 6.45) is 1.37. The average Bonchev–Trinajstić information content (AvgIpc) is 2.25. The predicted octanol–water partition coefficient (Wildman–Crippen LogP) is 0.873. The summed E-state index contributed by atoms with van der Waals surface area (Å²) in [4.78, 5) is 22.2. The van der Waals surface area contributed by atoms with Crippen molar-refractivity contribution in [3.8, 4) is 0 Å². The fraction of sp³-hybridized carbons (Fsp3) is 0.818. The smallest absolute Gasteiger partial charge is 0.307 e. The molecule has 5 nitrogen and oxygen atoms in total. The Morgan fingerprint density at radius 3 is 2.50 bits per heavy atom. The molecule has 16 heavy (non-hydrogen) atoms. The van der Waals surface area contributed by atoms with Gasteiger partial charge in [0.15, 0.2) is 0 Å². The Balaban J connectivity index is 3.33. The molecule has 0 unspecified atom stereocenters. The second-order valence-electron chi connectivity index (χ2n) is 3.21. The largest absolute Gasteiger partial charge is 0.466 e. The Morgan fingerprint density at radius 2 is 1.88 bits per heavy atom. The molecule has 0 bridgehead atoms. The molecular weight excluding hydrogens is 210 g/mol. The van der Waals surface area contributed by atoms with Crippen LogP contribution in [0, 0.1) is 0 Å². The van der Waals surface area contributed by atoms with Crippen molar-refractivity contribution in [2.45, 2.75) is 33.1 Å². The van der Waals surface area contributed by atoms with Gasteiger partial charge >= 0.3 is 5.97 Å². The Morgan fingerprint density at radius 1 is 1.12 bits per heavy atom. The predicted molar refractivity (Wildman–Crippen MR) is 60.0 cm³/mol. The lowest BCUT2D eigenvalue weighted by Gasteiger charge is -2.05. The lowest BCUT2D eigenvalue weighted by Crippen LogP contribution is -2.26. The van der Waals surface area contributed by atoms with Crippen LogP contribution >= 0.6 is 0 Å². The van der Waals surface area contributed by atoms with Crippen LogP contribution in [0.3, 0.4) is 0 Å². The van der Waals surface area contributed by atoms with Crippen molar-refractivity contribution in [1.82, 2.24) is 5.32 Å². The maximum atomic E-state index is 11.2. The lowest BCUT2D eigenvalue weighted by atomic mass is 10.3. The zero-order valence-electron chi connectivity index (χ0n) is 10.1. The van der Waals surface area contributed by atoms with Crippen LogP contribution in [0.15, 0.2) is 0 Å². The normalized spacial score (nSPS) is 9.88. The highest BCUT2D eigenvalue weighted by Crippen LogP contribution is 1.91. The van der Waals surface area contributed by atoms with Crippen LogP contribution in [0.25, 0.3) is 0 Å². The van der Waals surface area contributed by atoms with Crippen LogP contribution in [-0.4, -0.2) is 38.2 Å². The van der Waals surface area contributed by atoms with E-state index in [0.717, 1.165) is 0 Å². The van der Waals surface area contributed by atoms with Gasteiger partial charge in [0, 0.05) is 26.2 Å². The standard InChI is InChI=1S/C11H21NO4/c1-3-15-9-5-6-10(13)12-8-7-11(14)16-4-2/h3-9H2,1-2H3,(H,12,13). The van der Waals surface area contributed by atoms with E-state index < -0.39 is 0 Å². The van der Waals surface area contributed by atoms with Gasteiger partial charge < -0.3 is 14.8 Å². The van der Waals surface area contributed by atoms with E-state index in [0.29, 0.717) is 39.2 Å². The second-order valence-corrected chi connectivity index (χ2v) is 3.21.